The standard InChI is InChI=1S/C4H7ClS.Al.H/c1-3-6-4(2)5;;/h4H,1-3H2;;. The van der Waals surface area contributed by atoms with E-state index in [2.05, 4.69) is 0 Å². The second kappa shape index (κ2) is 3.25. The molecule has 7 heavy (non-hydrogen) atoms. The molecule has 40 valence electrons. The topological polar surface area (TPSA) is 0 Å². The van der Waals surface area contributed by atoms with Crippen LogP contribution in [0.4, 0.5) is 0 Å². The van der Waals surface area contributed by atoms with Gasteiger partial charge in [-0.25, -0.2) is 0 Å². The summed E-state index contributed by atoms with van der Waals surface area (Å²) in [6, 6.07) is 0. The Balaban J connectivity index is 2.12. The van der Waals surface area contributed by atoms with Crippen LogP contribution in [0.2, 0.25) is 10.6 Å². The molecule has 1 unspecified atom stereocenters. The predicted octanol–water partition coefficient (Wildman–Crippen LogP) is 1.57. The smallest absolute Gasteiger partial charge is 0.145 e. The summed E-state index contributed by atoms with van der Waals surface area (Å²) < 4.78 is 0.486. The van der Waals surface area contributed by atoms with Crippen molar-refractivity contribution in [3.05, 3.63) is 0 Å². The SMILES string of the molecule is ClC1[CH2][AlH][CH2]CS1. The molecule has 1 aliphatic rings. The molecule has 0 aromatic rings. The van der Waals surface area contributed by atoms with Crippen LogP contribution in [-0.2, 0) is 0 Å². The molecule has 0 nitrogen and oxygen atoms in total. The Morgan fingerprint density at radius 3 is 2.86 bits per heavy atom. The van der Waals surface area contributed by atoms with Gasteiger partial charge in [0.1, 0.15) is 0 Å². The van der Waals surface area contributed by atoms with E-state index in [1.165, 1.54) is 16.3 Å². The zero-order valence-electron chi connectivity index (χ0n) is 4.19. The van der Waals surface area contributed by atoms with Gasteiger partial charge in [-0.05, 0) is 5.75 Å². The molecule has 1 fully saturated rings. The van der Waals surface area contributed by atoms with Gasteiger partial charge in [-0.3, -0.25) is 0 Å². The summed E-state index contributed by atoms with van der Waals surface area (Å²) in [4.78, 5) is 0. The van der Waals surface area contributed by atoms with E-state index in [1.807, 2.05) is 11.8 Å². The molecule has 1 saturated heterocycles. The minimum absolute atomic E-state index is 0.308. The summed E-state index contributed by atoms with van der Waals surface area (Å²) in [5.74, 6) is 1.33. The highest BCUT2D eigenvalue weighted by atomic mass is 35.5. The minimum atomic E-state index is 0.308. The first-order valence-corrected chi connectivity index (χ1v) is 6.14. The van der Waals surface area contributed by atoms with E-state index in [0.29, 0.717) is 19.9 Å². The Labute approximate surface area is 59.7 Å². The van der Waals surface area contributed by atoms with Crippen LogP contribution < -0.4 is 0 Å². The van der Waals surface area contributed by atoms with Crippen molar-refractivity contribution in [2.75, 3.05) is 5.75 Å². The lowest BCUT2D eigenvalue weighted by Crippen LogP contribution is -2.06. The van der Waals surface area contributed by atoms with Crippen LogP contribution in [0, 0.1) is 0 Å². The first kappa shape index (κ1) is 6.29. The van der Waals surface area contributed by atoms with E-state index in [0.717, 1.165) is 0 Å². The number of rotatable bonds is 0. The van der Waals surface area contributed by atoms with Crippen molar-refractivity contribution in [1.29, 1.82) is 0 Å². The van der Waals surface area contributed by atoms with Crippen LogP contribution in [0.3, 0.4) is 0 Å². The maximum atomic E-state index is 5.81. The quantitative estimate of drug-likeness (QED) is 0.373. The summed E-state index contributed by atoms with van der Waals surface area (Å²) in [5.41, 5.74) is 0. The molecule has 0 aliphatic carbocycles. The zero-order valence-corrected chi connectivity index (χ0v) is 7.18. The van der Waals surface area contributed by atoms with Crippen LogP contribution in [-0.4, -0.2) is 25.7 Å². The van der Waals surface area contributed by atoms with Crippen molar-refractivity contribution in [3.8, 4) is 0 Å². The van der Waals surface area contributed by atoms with Gasteiger partial charge in [0.25, 0.3) is 0 Å². The summed E-state index contributed by atoms with van der Waals surface area (Å²) in [6.07, 6.45) is 0. The third-order valence-electron chi connectivity index (χ3n) is 1.12. The first-order valence-electron chi connectivity index (χ1n) is 2.65. The van der Waals surface area contributed by atoms with Crippen molar-refractivity contribution >= 4 is 38.6 Å². The molecule has 1 atom stereocenters. The number of alkyl halides is 1. The van der Waals surface area contributed by atoms with Crippen LogP contribution in [0.5, 0.6) is 0 Å². The second-order valence-corrected chi connectivity index (χ2v) is 5.86. The molecule has 0 aromatic carbocycles. The summed E-state index contributed by atoms with van der Waals surface area (Å²) in [7, 11) is 0. The fraction of sp³-hybridized carbons (Fsp3) is 1.00. The Bertz CT molecular complexity index is 53.7. The highest BCUT2D eigenvalue weighted by Crippen LogP contribution is 2.24. The van der Waals surface area contributed by atoms with E-state index in [9.17, 15) is 0 Å². The summed E-state index contributed by atoms with van der Waals surface area (Å²) >= 11 is 8.04. The van der Waals surface area contributed by atoms with Crippen LogP contribution in [0.25, 0.3) is 0 Å². The highest BCUT2D eigenvalue weighted by Gasteiger charge is 2.10. The second-order valence-electron chi connectivity index (χ2n) is 1.78. The zero-order chi connectivity index (χ0) is 5.11. The molecular formula is C4H8AlClS. The monoisotopic (exact) mass is 150 g/mol. The van der Waals surface area contributed by atoms with Crippen LogP contribution in [0.1, 0.15) is 0 Å². The average molecular weight is 151 g/mol. The Morgan fingerprint density at radius 1 is 1.71 bits per heavy atom. The molecule has 1 rings (SSSR count). The van der Waals surface area contributed by atoms with E-state index < -0.39 is 0 Å². The van der Waals surface area contributed by atoms with E-state index in [1.54, 1.807) is 0 Å². The maximum Gasteiger partial charge on any atom is 0.241 e. The third kappa shape index (κ3) is 2.28. The minimum Gasteiger partial charge on any atom is -0.145 e. The Morgan fingerprint density at radius 2 is 2.57 bits per heavy atom. The van der Waals surface area contributed by atoms with Crippen molar-refractivity contribution < 1.29 is 0 Å². The molecule has 0 aromatic heterocycles. The number of hydrogen-bond acceptors (Lipinski definition) is 1. The molecule has 1 heterocycles. The lowest BCUT2D eigenvalue weighted by molar-refractivity contribution is 1.27. The van der Waals surface area contributed by atoms with Crippen LogP contribution in [0.15, 0.2) is 0 Å². The third-order valence-corrected chi connectivity index (χ3v) is 5.98. The molecule has 3 heteroatoms. The molecular weight excluding hydrogens is 143 g/mol. The van der Waals surface area contributed by atoms with Crippen molar-refractivity contribution in [2.24, 2.45) is 0 Å². The maximum absolute atomic E-state index is 5.81. The number of thioether (sulfide) groups is 1. The summed E-state index contributed by atoms with van der Waals surface area (Å²) in [5, 5.41) is 2.86. The van der Waals surface area contributed by atoms with Gasteiger partial charge in [-0.2, -0.15) is 0 Å². The summed E-state index contributed by atoms with van der Waals surface area (Å²) in [6.45, 7) is 0. The lowest BCUT2D eigenvalue weighted by Gasteiger charge is -2.11. The van der Waals surface area contributed by atoms with Crippen molar-refractivity contribution in [2.45, 2.75) is 15.3 Å². The number of hydrogen-bond donors (Lipinski definition) is 0. The van der Waals surface area contributed by atoms with Gasteiger partial charge in [0, 0.05) is 0 Å². The normalized spacial score (nSPS) is 31.9. The van der Waals surface area contributed by atoms with Crippen molar-refractivity contribution in [3.63, 3.8) is 0 Å². The van der Waals surface area contributed by atoms with Gasteiger partial charge in [-0.1, -0.05) is 10.6 Å². The van der Waals surface area contributed by atoms with Gasteiger partial charge in [-0.15, -0.1) is 23.4 Å². The first-order chi connectivity index (χ1) is 3.39. The number of halogens is 1. The van der Waals surface area contributed by atoms with E-state index in [-0.39, 0.29) is 0 Å². The van der Waals surface area contributed by atoms with E-state index >= 15 is 0 Å². The molecule has 1 aliphatic heterocycles. The fourth-order valence-electron chi connectivity index (χ4n) is 0.701. The molecule has 0 saturated carbocycles. The molecule has 0 spiro atoms. The Hall–Kier alpha value is 1.17. The van der Waals surface area contributed by atoms with Crippen LogP contribution >= 0.6 is 23.4 Å². The van der Waals surface area contributed by atoms with Gasteiger partial charge < -0.3 is 0 Å². The average Bonchev–Trinajstić information content (AvgIpc) is 1.69. The molecule has 0 radical (unpaired) electrons. The van der Waals surface area contributed by atoms with Gasteiger partial charge >= 0.3 is 0 Å². The Kier molecular flexibility index (Phi) is 2.92. The lowest BCUT2D eigenvalue weighted by atomic mass is 10.9. The van der Waals surface area contributed by atoms with E-state index in [4.69, 9.17) is 11.6 Å². The van der Waals surface area contributed by atoms with Gasteiger partial charge in [0.05, 0.1) is 4.71 Å². The largest absolute Gasteiger partial charge is 0.241 e. The van der Waals surface area contributed by atoms with Gasteiger partial charge in [0.2, 0.25) is 15.2 Å². The molecule has 0 amide bonds. The van der Waals surface area contributed by atoms with Crippen molar-refractivity contribution in [1.82, 2.24) is 0 Å². The predicted molar refractivity (Wildman–Crippen MR) is 38.9 cm³/mol. The fourth-order valence-corrected chi connectivity index (χ4v) is 4.95. The molecule has 0 N–H and O–H groups in total. The molecule has 0 bridgehead atoms. The highest BCUT2D eigenvalue weighted by molar-refractivity contribution is 8.01. The van der Waals surface area contributed by atoms with Gasteiger partial charge in [0.15, 0.2) is 0 Å².